The van der Waals surface area contributed by atoms with Crippen molar-refractivity contribution < 1.29 is 14.3 Å². The molecule has 0 fully saturated rings. The number of hydrogen-bond acceptors (Lipinski definition) is 3. The Hall–Kier alpha value is -1.22. The third-order valence-electron chi connectivity index (χ3n) is 1.58. The average molecular weight is 200 g/mol. The van der Waals surface area contributed by atoms with E-state index in [1.54, 1.807) is 6.29 Å². The fourth-order valence-corrected chi connectivity index (χ4v) is 1.12. The first kappa shape index (κ1) is 9.86. The Morgan fingerprint density at radius 1 is 1.23 bits per heavy atom. The molecule has 0 saturated carbocycles. The smallest absolute Gasteiger partial charge is 0.235 e. The Bertz CT molecular complexity index is 323. The van der Waals surface area contributed by atoms with Gasteiger partial charge >= 0.3 is 0 Å². The predicted molar refractivity (Wildman–Crippen MR) is 49.4 cm³/mol. The molecule has 0 heterocycles. The molecule has 4 heteroatoms. The summed E-state index contributed by atoms with van der Waals surface area (Å²) in [5.74, 6) is 0.955. The van der Waals surface area contributed by atoms with E-state index in [2.05, 4.69) is 0 Å². The highest BCUT2D eigenvalue weighted by molar-refractivity contribution is 6.33. The van der Waals surface area contributed by atoms with Crippen LogP contribution in [0.25, 0.3) is 0 Å². The number of methoxy groups -OCH3 is 2. The lowest BCUT2D eigenvalue weighted by Gasteiger charge is -2.08. The van der Waals surface area contributed by atoms with E-state index in [1.807, 2.05) is 0 Å². The topological polar surface area (TPSA) is 35.5 Å². The summed E-state index contributed by atoms with van der Waals surface area (Å²) < 4.78 is 9.95. The molecule has 0 aliphatic rings. The molecule has 0 bridgehead atoms. The zero-order valence-corrected chi connectivity index (χ0v) is 8.01. The maximum Gasteiger partial charge on any atom is 0.235 e. The molecule has 1 rings (SSSR count). The minimum Gasteiger partial charge on any atom is -0.493 e. The van der Waals surface area contributed by atoms with Crippen LogP contribution in [0.5, 0.6) is 11.5 Å². The van der Waals surface area contributed by atoms with Gasteiger partial charge in [-0.3, -0.25) is 4.79 Å². The van der Waals surface area contributed by atoms with Crippen molar-refractivity contribution in [3.63, 3.8) is 0 Å². The molecule has 1 aromatic rings. The molecule has 0 saturated heterocycles. The van der Waals surface area contributed by atoms with Crippen molar-refractivity contribution in [1.82, 2.24) is 0 Å². The number of halogens is 1. The van der Waals surface area contributed by atoms with Crippen LogP contribution in [-0.2, 0) is 4.79 Å². The fourth-order valence-electron chi connectivity index (χ4n) is 0.932. The number of hydrogen-bond donors (Lipinski definition) is 0. The van der Waals surface area contributed by atoms with Crippen LogP contribution >= 0.6 is 11.6 Å². The normalized spacial score (nSPS) is 9.46. The summed E-state index contributed by atoms with van der Waals surface area (Å²) in [5, 5.41) is 0.299. The summed E-state index contributed by atoms with van der Waals surface area (Å²) in [4.78, 5) is 10.4. The van der Waals surface area contributed by atoms with Crippen LogP contribution in [0.3, 0.4) is 0 Å². The third-order valence-corrected chi connectivity index (χ3v) is 1.90. The van der Waals surface area contributed by atoms with Gasteiger partial charge in [0.1, 0.15) is 0 Å². The average Bonchev–Trinajstić information content (AvgIpc) is 2.17. The third kappa shape index (κ3) is 1.92. The lowest BCUT2D eigenvalue weighted by molar-refractivity contribution is 0.355. The maximum atomic E-state index is 10.4. The van der Waals surface area contributed by atoms with E-state index in [-0.39, 0.29) is 5.56 Å². The van der Waals surface area contributed by atoms with E-state index >= 15 is 0 Å². The Balaban J connectivity index is 3.26. The van der Waals surface area contributed by atoms with Gasteiger partial charge in [0.15, 0.2) is 11.5 Å². The number of benzene rings is 1. The number of rotatable bonds is 3. The Morgan fingerprint density at radius 2 is 1.77 bits per heavy atom. The van der Waals surface area contributed by atoms with Crippen molar-refractivity contribution in [2.24, 2.45) is 0 Å². The zero-order valence-electron chi connectivity index (χ0n) is 7.26. The SMILES string of the molecule is COc1cc(Cl)c([C]=O)cc1OC. The first-order chi connectivity index (χ1) is 6.22. The summed E-state index contributed by atoms with van der Waals surface area (Å²) in [6, 6.07) is 2.99. The van der Waals surface area contributed by atoms with E-state index in [0.717, 1.165) is 0 Å². The van der Waals surface area contributed by atoms with Crippen LogP contribution in [0.1, 0.15) is 5.56 Å². The molecule has 0 unspecified atom stereocenters. The van der Waals surface area contributed by atoms with E-state index in [4.69, 9.17) is 21.1 Å². The first-order valence-electron chi connectivity index (χ1n) is 3.52. The van der Waals surface area contributed by atoms with Crippen molar-refractivity contribution in [3.8, 4) is 11.5 Å². The molecule has 0 aromatic heterocycles. The van der Waals surface area contributed by atoms with Crippen LogP contribution in [0.2, 0.25) is 5.02 Å². The molecule has 1 aromatic carbocycles. The van der Waals surface area contributed by atoms with Gasteiger partial charge in [-0.15, -0.1) is 0 Å². The van der Waals surface area contributed by atoms with Gasteiger partial charge in [0.05, 0.1) is 19.2 Å². The molecular formula is C9H8ClO3. The van der Waals surface area contributed by atoms with Crippen LogP contribution in [0.15, 0.2) is 12.1 Å². The highest BCUT2D eigenvalue weighted by Gasteiger charge is 2.09. The Kier molecular flexibility index (Phi) is 3.14. The monoisotopic (exact) mass is 199 g/mol. The van der Waals surface area contributed by atoms with Gasteiger partial charge in [-0.1, -0.05) is 11.6 Å². The van der Waals surface area contributed by atoms with Crippen LogP contribution < -0.4 is 9.47 Å². The second-order valence-electron chi connectivity index (χ2n) is 2.29. The molecule has 0 aliphatic heterocycles. The van der Waals surface area contributed by atoms with Gasteiger partial charge in [0.2, 0.25) is 6.29 Å². The van der Waals surface area contributed by atoms with Gasteiger partial charge in [0.25, 0.3) is 0 Å². The minimum atomic E-state index is 0.263. The first-order valence-corrected chi connectivity index (χ1v) is 3.90. The van der Waals surface area contributed by atoms with Crippen molar-refractivity contribution in [3.05, 3.63) is 22.7 Å². The molecule has 1 radical (unpaired) electrons. The van der Waals surface area contributed by atoms with E-state index in [1.165, 1.54) is 26.4 Å². The number of carbonyl (C=O) groups excluding carboxylic acids is 1. The van der Waals surface area contributed by atoms with Crippen molar-refractivity contribution in [1.29, 1.82) is 0 Å². The fraction of sp³-hybridized carbons (Fsp3) is 0.222. The summed E-state index contributed by atoms with van der Waals surface area (Å²) in [7, 11) is 2.98. The maximum absolute atomic E-state index is 10.4. The molecule has 0 N–H and O–H groups in total. The molecule has 0 atom stereocenters. The second kappa shape index (κ2) is 4.14. The van der Waals surface area contributed by atoms with E-state index in [0.29, 0.717) is 16.5 Å². The van der Waals surface area contributed by atoms with Gasteiger partial charge in [0, 0.05) is 11.6 Å². The summed E-state index contributed by atoms with van der Waals surface area (Å²) in [5.41, 5.74) is 0.263. The lowest BCUT2D eigenvalue weighted by atomic mass is 10.2. The standard InChI is InChI=1S/C9H8ClO3/c1-12-8-3-6(5-11)7(10)4-9(8)13-2/h3-4H,1-2H3. The molecule has 0 spiro atoms. The summed E-state index contributed by atoms with van der Waals surface area (Å²) in [6.07, 6.45) is 1.70. The lowest BCUT2D eigenvalue weighted by Crippen LogP contribution is -1.93. The molecule has 13 heavy (non-hydrogen) atoms. The predicted octanol–water partition coefficient (Wildman–Crippen LogP) is 1.82. The quantitative estimate of drug-likeness (QED) is 0.745. The van der Waals surface area contributed by atoms with Gasteiger partial charge in [-0.25, -0.2) is 0 Å². The Morgan fingerprint density at radius 3 is 2.23 bits per heavy atom. The van der Waals surface area contributed by atoms with Gasteiger partial charge in [-0.05, 0) is 6.07 Å². The highest BCUT2D eigenvalue weighted by Crippen LogP contribution is 2.31. The Labute approximate surface area is 81.2 Å². The van der Waals surface area contributed by atoms with Gasteiger partial charge in [-0.2, -0.15) is 0 Å². The minimum absolute atomic E-state index is 0.263. The molecule has 69 valence electrons. The molecule has 3 nitrogen and oxygen atoms in total. The van der Waals surface area contributed by atoms with Crippen molar-refractivity contribution >= 4 is 17.9 Å². The highest BCUT2D eigenvalue weighted by atomic mass is 35.5. The summed E-state index contributed by atoms with van der Waals surface area (Å²) >= 11 is 5.74. The largest absolute Gasteiger partial charge is 0.493 e. The van der Waals surface area contributed by atoms with Crippen molar-refractivity contribution in [2.75, 3.05) is 14.2 Å². The van der Waals surface area contributed by atoms with E-state index in [9.17, 15) is 4.79 Å². The number of ether oxygens (including phenoxy) is 2. The van der Waals surface area contributed by atoms with E-state index < -0.39 is 0 Å². The van der Waals surface area contributed by atoms with Crippen molar-refractivity contribution in [2.45, 2.75) is 0 Å². The molecule has 0 aliphatic carbocycles. The van der Waals surface area contributed by atoms with Crippen LogP contribution in [-0.4, -0.2) is 20.5 Å². The van der Waals surface area contributed by atoms with Gasteiger partial charge < -0.3 is 9.47 Å². The second-order valence-corrected chi connectivity index (χ2v) is 2.70. The zero-order chi connectivity index (χ0) is 9.84. The van der Waals surface area contributed by atoms with Crippen LogP contribution in [0, 0.1) is 0 Å². The molecular weight excluding hydrogens is 192 g/mol. The summed E-state index contributed by atoms with van der Waals surface area (Å²) in [6.45, 7) is 0. The van der Waals surface area contributed by atoms with Crippen LogP contribution in [0.4, 0.5) is 0 Å². The molecule has 0 amide bonds.